The maximum Gasteiger partial charge on any atom is 0.242 e. The van der Waals surface area contributed by atoms with Gasteiger partial charge in [0.2, 0.25) is 11.8 Å². The Kier molecular flexibility index (Phi) is 10.6. The molecule has 0 bridgehead atoms. The molecule has 2 aromatic carbocycles. The molecule has 0 spiro atoms. The number of nitrogens with one attached hydrogen (secondary N) is 1. The van der Waals surface area contributed by atoms with Crippen LogP contribution >= 0.6 is 35.0 Å². The summed E-state index contributed by atoms with van der Waals surface area (Å²) in [4.78, 5) is 27.4. The average molecular weight is 467 g/mol. The van der Waals surface area contributed by atoms with Crippen molar-refractivity contribution in [2.75, 3.05) is 18.8 Å². The summed E-state index contributed by atoms with van der Waals surface area (Å²) in [5, 5.41) is 4.04. The molecule has 7 heteroatoms. The van der Waals surface area contributed by atoms with Gasteiger partial charge in [-0.3, -0.25) is 9.59 Å². The quantitative estimate of drug-likeness (QED) is 0.494. The maximum absolute atomic E-state index is 13.1. The molecule has 0 aliphatic carbocycles. The summed E-state index contributed by atoms with van der Waals surface area (Å²) in [6, 6.07) is 14.9. The van der Waals surface area contributed by atoms with Crippen molar-refractivity contribution in [1.82, 2.24) is 10.2 Å². The van der Waals surface area contributed by atoms with E-state index in [4.69, 9.17) is 23.2 Å². The van der Waals surface area contributed by atoms with Crippen LogP contribution in [0.15, 0.2) is 48.5 Å². The predicted octanol–water partition coefficient (Wildman–Crippen LogP) is 5.21. The Bertz CT molecular complexity index is 833. The first-order valence-electron chi connectivity index (χ1n) is 10.1. The van der Waals surface area contributed by atoms with Gasteiger partial charge < -0.3 is 10.2 Å². The van der Waals surface area contributed by atoms with E-state index in [1.807, 2.05) is 50.2 Å². The molecule has 0 aliphatic heterocycles. The second-order valence-corrected chi connectivity index (χ2v) is 8.70. The number of hydrogen-bond acceptors (Lipinski definition) is 3. The lowest BCUT2D eigenvalue weighted by Crippen LogP contribution is -2.50. The van der Waals surface area contributed by atoms with E-state index in [0.717, 1.165) is 11.1 Å². The molecule has 2 rings (SSSR count). The zero-order valence-electron chi connectivity index (χ0n) is 17.4. The van der Waals surface area contributed by atoms with Crippen LogP contribution < -0.4 is 5.32 Å². The fourth-order valence-electron chi connectivity index (χ4n) is 3.16. The van der Waals surface area contributed by atoms with E-state index >= 15 is 0 Å². The molecule has 1 atom stereocenters. The summed E-state index contributed by atoms with van der Waals surface area (Å²) < 4.78 is 0. The van der Waals surface area contributed by atoms with Gasteiger partial charge >= 0.3 is 0 Å². The zero-order chi connectivity index (χ0) is 21.9. The van der Waals surface area contributed by atoms with Crippen LogP contribution in [0.3, 0.4) is 0 Å². The first-order chi connectivity index (χ1) is 14.5. The number of likely N-dealkylation sites (N-methyl/N-ethyl adjacent to an activating group) is 1. The van der Waals surface area contributed by atoms with Crippen molar-refractivity contribution in [2.45, 2.75) is 38.5 Å². The lowest BCUT2D eigenvalue weighted by atomic mass is 10.1. The minimum Gasteiger partial charge on any atom is -0.355 e. The van der Waals surface area contributed by atoms with Gasteiger partial charge in [0.15, 0.2) is 0 Å². The average Bonchev–Trinajstić information content (AvgIpc) is 2.73. The van der Waals surface area contributed by atoms with Crippen molar-refractivity contribution >= 4 is 46.8 Å². The number of carbonyl (C=O) groups excluding carboxylic acids is 2. The van der Waals surface area contributed by atoms with E-state index in [2.05, 4.69) is 5.32 Å². The number of halogens is 2. The van der Waals surface area contributed by atoms with Crippen molar-refractivity contribution < 1.29 is 9.59 Å². The molecule has 0 heterocycles. The number of rotatable bonds is 11. The number of benzene rings is 2. The minimum atomic E-state index is -0.471. The van der Waals surface area contributed by atoms with Crippen LogP contribution in [0, 0.1) is 0 Å². The van der Waals surface area contributed by atoms with Gasteiger partial charge in [-0.15, -0.1) is 11.8 Å². The van der Waals surface area contributed by atoms with Crippen LogP contribution in [0.1, 0.15) is 31.4 Å². The van der Waals surface area contributed by atoms with Gasteiger partial charge in [-0.05, 0) is 43.0 Å². The first-order valence-corrected chi connectivity index (χ1v) is 12.0. The van der Waals surface area contributed by atoms with Gasteiger partial charge in [0, 0.05) is 28.9 Å². The van der Waals surface area contributed by atoms with Gasteiger partial charge in [0.1, 0.15) is 6.04 Å². The van der Waals surface area contributed by atoms with E-state index < -0.39 is 6.04 Å². The van der Waals surface area contributed by atoms with Crippen LogP contribution in [0.25, 0.3) is 0 Å². The van der Waals surface area contributed by atoms with Gasteiger partial charge in [0.05, 0.1) is 5.75 Å². The van der Waals surface area contributed by atoms with Crippen molar-refractivity contribution in [2.24, 2.45) is 0 Å². The highest BCUT2D eigenvalue weighted by atomic mass is 35.5. The molecular weight excluding hydrogens is 439 g/mol. The third kappa shape index (κ3) is 7.53. The summed E-state index contributed by atoms with van der Waals surface area (Å²) in [6.45, 7) is 4.86. The molecule has 162 valence electrons. The molecule has 0 unspecified atom stereocenters. The fourth-order valence-corrected chi connectivity index (χ4v) is 4.63. The molecule has 0 aliphatic rings. The molecule has 0 fully saturated rings. The number of hydrogen-bond donors (Lipinski definition) is 1. The number of amides is 2. The maximum atomic E-state index is 13.1. The Hall–Kier alpha value is -1.69. The lowest BCUT2D eigenvalue weighted by molar-refractivity contribution is -0.138. The molecule has 4 nitrogen and oxygen atoms in total. The molecule has 0 saturated heterocycles. The highest BCUT2D eigenvalue weighted by molar-refractivity contribution is 7.99. The zero-order valence-corrected chi connectivity index (χ0v) is 19.7. The van der Waals surface area contributed by atoms with Crippen LogP contribution in [0.4, 0.5) is 0 Å². The Balaban J connectivity index is 2.05. The van der Waals surface area contributed by atoms with Crippen molar-refractivity contribution in [1.29, 1.82) is 0 Å². The Morgan fingerprint density at radius 2 is 1.83 bits per heavy atom. The van der Waals surface area contributed by atoms with E-state index in [-0.39, 0.29) is 17.6 Å². The standard InChI is InChI=1S/C23H28Cl2N2O2S/c1-3-21(23(29)26-4-2)27(13-12-17-8-6-5-7-9-17)22(28)16-30-15-18-10-11-19(24)14-20(18)25/h5-11,14,21H,3-4,12-13,15-16H2,1-2H3,(H,26,29)/t21-/m0/s1. The van der Waals surface area contributed by atoms with Gasteiger partial charge in [0.25, 0.3) is 0 Å². The highest BCUT2D eigenvalue weighted by Gasteiger charge is 2.27. The normalized spacial score (nSPS) is 11.7. The molecule has 0 radical (unpaired) electrons. The summed E-state index contributed by atoms with van der Waals surface area (Å²) in [6.07, 6.45) is 1.27. The molecular formula is C23H28Cl2N2O2S. The number of thioether (sulfide) groups is 1. The minimum absolute atomic E-state index is 0.0425. The number of nitrogens with zero attached hydrogens (tertiary/aromatic N) is 1. The van der Waals surface area contributed by atoms with Gasteiger partial charge in [-0.1, -0.05) is 66.5 Å². The third-order valence-electron chi connectivity index (χ3n) is 4.72. The largest absolute Gasteiger partial charge is 0.355 e. The van der Waals surface area contributed by atoms with Crippen molar-refractivity contribution in [3.8, 4) is 0 Å². The summed E-state index contributed by atoms with van der Waals surface area (Å²) >= 11 is 13.7. The van der Waals surface area contributed by atoms with Crippen LogP contribution in [0.5, 0.6) is 0 Å². The lowest BCUT2D eigenvalue weighted by Gasteiger charge is -2.30. The second kappa shape index (κ2) is 12.9. The monoisotopic (exact) mass is 466 g/mol. The highest BCUT2D eigenvalue weighted by Crippen LogP contribution is 2.25. The Labute approximate surface area is 193 Å². The predicted molar refractivity (Wildman–Crippen MR) is 127 cm³/mol. The van der Waals surface area contributed by atoms with E-state index in [0.29, 0.717) is 41.7 Å². The van der Waals surface area contributed by atoms with Crippen molar-refractivity contribution in [3.63, 3.8) is 0 Å². The molecule has 30 heavy (non-hydrogen) atoms. The van der Waals surface area contributed by atoms with Crippen LogP contribution in [0.2, 0.25) is 10.0 Å². The summed E-state index contributed by atoms with van der Waals surface area (Å²) in [7, 11) is 0. The molecule has 2 aromatic rings. The Morgan fingerprint density at radius 1 is 1.10 bits per heavy atom. The third-order valence-corrected chi connectivity index (χ3v) is 6.27. The summed E-state index contributed by atoms with van der Waals surface area (Å²) in [5.74, 6) is 0.738. The van der Waals surface area contributed by atoms with Crippen LogP contribution in [-0.4, -0.2) is 41.6 Å². The van der Waals surface area contributed by atoms with Gasteiger partial charge in [-0.25, -0.2) is 0 Å². The van der Waals surface area contributed by atoms with E-state index in [9.17, 15) is 9.59 Å². The Morgan fingerprint density at radius 3 is 2.47 bits per heavy atom. The summed E-state index contributed by atoms with van der Waals surface area (Å²) in [5.41, 5.74) is 2.08. The molecule has 1 N–H and O–H groups in total. The van der Waals surface area contributed by atoms with E-state index in [1.165, 1.54) is 11.8 Å². The van der Waals surface area contributed by atoms with Crippen molar-refractivity contribution in [3.05, 3.63) is 69.7 Å². The molecule has 2 amide bonds. The smallest absolute Gasteiger partial charge is 0.242 e. The van der Waals surface area contributed by atoms with Gasteiger partial charge in [-0.2, -0.15) is 0 Å². The topological polar surface area (TPSA) is 49.4 Å². The first kappa shape index (κ1) is 24.6. The molecule has 0 saturated carbocycles. The van der Waals surface area contributed by atoms with E-state index in [1.54, 1.807) is 17.0 Å². The molecule has 0 aromatic heterocycles. The second-order valence-electron chi connectivity index (χ2n) is 6.87. The number of carbonyl (C=O) groups is 2. The fraction of sp³-hybridized carbons (Fsp3) is 0.391. The SMILES string of the molecule is CCNC(=O)[C@H](CC)N(CCc1ccccc1)C(=O)CSCc1ccc(Cl)cc1Cl. The van der Waals surface area contributed by atoms with Crippen LogP contribution in [-0.2, 0) is 21.8 Å².